The molecule has 2 aliphatic rings. The van der Waals surface area contributed by atoms with E-state index >= 15 is 0 Å². The third kappa shape index (κ3) is 1.35. The van der Waals surface area contributed by atoms with E-state index in [0.29, 0.717) is 12.2 Å². The molecule has 0 saturated heterocycles. The summed E-state index contributed by atoms with van der Waals surface area (Å²) in [6.07, 6.45) is 7.72. The Labute approximate surface area is 100 Å². The fourth-order valence-electron chi connectivity index (χ4n) is 2.97. The van der Waals surface area contributed by atoms with E-state index in [9.17, 15) is 4.79 Å². The topological polar surface area (TPSA) is 17.1 Å². The average molecular weight is 233 g/mol. The number of allylic oxidation sites excluding steroid dienone is 1. The van der Waals surface area contributed by atoms with Crippen LogP contribution >= 0.6 is 11.6 Å². The summed E-state index contributed by atoms with van der Waals surface area (Å²) in [5.41, 5.74) is 2.31. The lowest BCUT2D eigenvalue weighted by atomic mass is 9.70. The van der Waals surface area contributed by atoms with Crippen LogP contribution in [0.25, 0.3) is 6.08 Å². The molecule has 0 bridgehead atoms. The second kappa shape index (κ2) is 3.46. The summed E-state index contributed by atoms with van der Waals surface area (Å²) in [6, 6.07) is 6.00. The van der Waals surface area contributed by atoms with Gasteiger partial charge in [0, 0.05) is 23.3 Å². The maximum atomic E-state index is 11.7. The Morgan fingerprint density at radius 3 is 3.00 bits per heavy atom. The number of benzene rings is 1. The van der Waals surface area contributed by atoms with Crippen LogP contribution in [0, 0.1) is 0 Å². The van der Waals surface area contributed by atoms with Gasteiger partial charge < -0.3 is 0 Å². The van der Waals surface area contributed by atoms with Crippen LogP contribution in [0.3, 0.4) is 0 Å². The van der Waals surface area contributed by atoms with Gasteiger partial charge in [0.15, 0.2) is 0 Å². The number of fused-ring (bicyclic) bond motifs is 2. The van der Waals surface area contributed by atoms with E-state index < -0.39 is 0 Å². The van der Waals surface area contributed by atoms with Gasteiger partial charge in [0.1, 0.15) is 5.78 Å². The first-order chi connectivity index (χ1) is 7.71. The van der Waals surface area contributed by atoms with Crippen molar-refractivity contribution in [2.45, 2.75) is 31.1 Å². The van der Waals surface area contributed by atoms with Gasteiger partial charge in [-0.3, -0.25) is 4.79 Å². The molecule has 1 nitrogen and oxygen atoms in total. The maximum Gasteiger partial charge on any atom is 0.134 e. The number of halogens is 1. The zero-order valence-corrected chi connectivity index (χ0v) is 9.76. The number of hydrogen-bond acceptors (Lipinski definition) is 1. The van der Waals surface area contributed by atoms with Gasteiger partial charge in [-0.15, -0.1) is 0 Å². The minimum absolute atomic E-state index is 0.0461. The van der Waals surface area contributed by atoms with Crippen molar-refractivity contribution in [3.8, 4) is 0 Å². The molecule has 0 unspecified atom stereocenters. The van der Waals surface area contributed by atoms with Crippen molar-refractivity contribution in [3.63, 3.8) is 0 Å². The van der Waals surface area contributed by atoms with Gasteiger partial charge in [0.05, 0.1) is 0 Å². The fraction of sp³-hybridized carbons (Fsp3) is 0.357. The molecule has 0 heterocycles. The molecule has 0 amide bonds. The lowest BCUT2D eigenvalue weighted by Crippen LogP contribution is -2.29. The van der Waals surface area contributed by atoms with Crippen LogP contribution in [0.15, 0.2) is 24.3 Å². The van der Waals surface area contributed by atoms with Gasteiger partial charge in [0.25, 0.3) is 0 Å². The van der Waals surface area contributed by atoms with Gasteiger partial charge in [-0.2, -0.15) is 0 Å². The molecule has 1 aromatic carbocycles. The lowest BCUT2D eigenvalue weighted by molar-refractivity contribution is -0.121. The van der Waals surface area contributed by atoms with E-state index in [-0.39, 0.29) is 5.41 Å². The molecule has 0 aliphatic heterocycles. The molecule has 1 fully saturated rings. The summed E-state index contributed by atoms with van der Waals surface area (Å²) in [5.74, 6) is 0.378. The van der Waals surface area contributed by atoms with Crippen LogP contribution in [0.5, 0.6) is 0 Å². The van der Waals surface area contributed by atoms with Crippen molar-refractivity contribution in [3.05, 3.63) is 40.4 Å². The quantitative estimate of drug-likeness (QED) is 0.666. The van der Waals surface area contributed by atoms with Crippen LogP contribution in [0.1, 0.15) is 36.8 Å². The van der Waals surface area contributed by atoms with E-state index in [4.69, 9.17) is 11.6 Å². The number of hydrogen-bond donors (Lipinski definition) is 0. The van der Waals surface area contributed by atoms with E-state index in [2.05, 4.69) is 18.2 Å². The Morgan fingerprint density at radius 1 is 1.31 bits per heavy atom. The zero-order valence-electron chi connectivity index (χ0n) is 9.00. The van der Waals surface area contributed by atoms with Crippen LogP contribution in [0.4, 0.5) is 0 Å². The minimum Gasteiger partial charge on any atom is -0.300 e. The van der Waals surface area contributed by atoms with Gasteiger partial charge in [-0.25, -0.2) is 0 Å². The van der Waals surface area contributed by atoms with Gasteiger partial charge in [0.2, 0.25) is 0 Å². The molecular formula is C14H13ClO. The smallest absolute Gasteiger partial charge is 0.134 e. The molecule has 0 aromatic heterocycles. The highest BCUT2D eigenvalue weighted by molar-refractivity contribution is 6.32. The highest BCUT2D eigenvalue weighted by Crippen LogP contribution is 2.46. The molecular weight excluding hydrogens is 220 g/mol. The molecule has 0 N–H and O–H groups in total. The molecule has 1 spiro atoms. The van der Waals surface area contributed by atoms with Crippen molar-refractivity contribution < 1.29 is 4.79 Å². The molecule has 82 valence electrons. The Kier molecular flexibility index (Phi) is 2.18. The Balaban J connectivity index is 2.11. The molecule has 2 heteroatoms. The summed E-state index contributed by atoms with van der Waals surface area (Å²) in [6.45, 7) is 0. The highest BCUT2D eigenvalue weighted by Gasteiger charge is 2.39. The zero-order chi connectivity index (χ0) is 11.2. The van der Waals surface area contributed by atoms with Crippen molar-refractivity contribution in [2.75, 3.05) is 0 Å². The lowest BCUT2D eigenvalue weighted by Gasteiger charge is -2.32. The monoisotopic (exact) mass is 232 g/mol. The highest BCUT2D eigenvalue weighted by atomic mass is 35.5. The van der Waals surface area contributed by atoms with E-state index in [1.807, 2.05) is 12.1 Å². The third-order valence-corrected chi connectivity index (χ3v) is 4.08. The Hall–Kier alpha value is -1.08. The fourth-order valence-corrected chi connectivity index (χ4v) is 3.21. The molecule has 16 heavy (non-hydrogen) atoms. The van der Waals surface area contributed by atoms with E-state index in [0.717, 1.165) is 29.8 Å². The Morgan fingerprint density at radius 2 is 2.19 bits per heavy atom. The first-order valence-electron chi connectivity index (χ1n) is 5.71. The summed E-state index contributed by atoms with van der Waals surface area (Å²) in [5, 5.41) is 0.795. The van der Waals surface area contributed by atoms with Gasteiger partial charge >= 0.3 is 0 Å². The molecule has 0 radical (unpaired) electrons. The molecule has 1 atom stereocenters. The van der Waals surface area contributed by atoms with E-state index in [1.54, 1.807) is 0 Å². The largest absolute Gasteiger partial charge is 0.300 e. The Bertz CT molecular complexity index is 490. The average Bonchev–Trinajstić information content (AvgIpc) is 2.59. The van der Waals surface area contributed by atoms with Crippen molar-refractivity contribution in [1.82, 2.24) is 0 Å². The number of carbonyl (C=O) groups is 1. The maximum absolute atomic E-state index is 11.7. The first kappa shape index (κ1) is 10.1. The number of carbonyl (C=O) groups excluding carboxylic acids is 1. The van der Waals surface area contributed by atoms with E-state index in [1.165, 1.54) is 5.56 Å². The van der Waals surface area contributed by atoms with Crippen LogP contribution in [-0.4, -0.2) is 5.78 Å². The standard InChI is InChI=1S/C14H13ClO/c15-13-5-1-4-12-11(13)6-8-14(12)7-2-3-10(16)9-14/h1,4-6,8H,2-3,7,9H2/t14-/m1/s1. The van der Waals surface area contributed by atoms with Crippen LogP contribution in [-0.2, 0) is 10.2 Å². The molecule has 3 rings (SSSR count). The number of ketones is 1. The minimum atomic E-state index is -0.0461. The molecule has 2 aliphatic carbocycles. The SMILES string of the molecule is O=C1CCC[C@@]2(C=Cc3c(Cl)cccc32)C1. The first-order valence-corrected chi connectivity index (χ1v) is 6.09. The predicted molar refractivity (Wildman–Crippen MR) is 65.6 cm³/mol. The second-order valence-electron chi connectivity index (χ2n) is 4.76. The summed E-state index contributed by atoms with van der Waals surface area (Å²) in [7, 11) is 0. The summed E-state index contributed by atoms with van der Waals surface area (Å²) in [4.78, 5) is 11.7. The van der Waals surface area contributed by atoms with Crippen molar-refractivity contribution in [2.24, 2.45) is 0 Å². The second-order valence-corrected chi connectivity index (χ2v) is 5.17. The van der Waals surface area contributed by atoms with Crippen LogP contribution < -0.4 is 0 Å². The molecule has 1 aromatic rings. The summed E-state index contributed by atoms with van der Waals surface area (Å²) < 4.78 is 0. The van der Waals surface area contributed by atoms with Crippen LogP contribution in [0.2, 0.25) is 5.02 Å². The van der Waals surface area contributed by atoms with Gasteiger partial charge in [-0.1, -0.05) is 35.9 Å². The normalized spacial score (nSPS) is 27.4. The number of Topliss-reactive ketones (excluding diaryl/α,β-unsaturated/α-hetero) is 1. The summed E-state index contributed by atoms with van der Waals surface area (Å²) >= 11 is 6.17. The third-order valence-electron chi connectivity index (χ3n) is 3.75. The van der Waals surface area contributed by atoms with Gasteiger partial charge in [-0.05, 0) is 30.0 Å². The van der Waals surface area contributed by atoms with Crippen molar-refractivity contribution in [1.29, 1.82) is 0 Å². The number of rotatable bonds is 0. The molecule has 1 saturated carbocycles. The van der Waals surface area contributed by atoms with Crippen molar-refractivity contribution >= 4 is 23.5 Å². The predicted octanol–water partition coefficient (Wildman–Crippen LogP) is 3.75.